The van der Waals surface area contributed by atoms with Gasteiger partial charge in [-0.3, -0.25) is 0 Å². The first-order valence-corrected chi connectivity index (χ1v) is 10.9. The zero-order chi connectivity index (χ0) is 28.5. The molecule has 0 aliphatic rings. The van der Waals surface area contributed by atoms with Crippen molar-refractivity contribution in [2.24, 2.45) is 0 Å². The first-order valence-electron chi connectivity index (χ1n) is 10.9. The molecule has 4 rings (SSSR count). The van der Waals surface area contributed by atoms with E-state index < -0.39 is 35.5 Å². The minimum absolute atomic E-state index is 0. The summed E-state index contributed by atoms with van der Waals surface area (Å²) in [5, 5.41) is 0. The van der Waals surface area contributed by atoms with Gasteiger partial charge in [-0.1, -0.05) is 0 Å². The number of rotatable bonds is 2. The third kappa shape index (κ3) is 15.2. The van der Waals surface area contributed by atoms with Gasteiger partial charge in [0, 0.05) is 39.8 Å². The minimum Gasteiger partial charge on any atom is -0.471 e. The van der Waals surface area contributed by atoms with Gasteiger partial charge < -0.3 is 19.3 Å². The molecule has 4 aromatic carbocycles. The van der Waals surface area contributed by atoms with Crippen LogP contribution in [0, 0.1) is 35.4 Å². The zero-order valence-electron chi connectivity index (χ0n) is 21.6. The van der Waals surface area contributed by atoms with Gasteiger partial charge in [0.25, 0.3) is 0 Å². The summed E-state index contributed by atoms with van der Waals surface area (Å²) < 4.78 is 59.7. The molecule has 0 fully saturated rings. The molecule has 4 aromatic rings. The van der Waals surface area contributed by atoms with Crippen LogP contribution in [0.15, 0.2) is 84.9 Å². The number of benzene rings is 2. The number of hydrogen-bond acceptors (Lipinski definition) is 4. The third-order valence-corrected chi connectivity index (χ3v) is 3.89. The molecule has 0 unspecified atom stereocenters. The summed E-state index contributed by atoms with van der Waals surface area (Å²) in [7, 11) is 5.81. The van der Waals surface area contributed by atoms with Crippen LogP contribution in [-0.2, 0) is 21.7 Å². The Morgan fingerprint density at radius 3 is 1.15 bits per heavy atom. The van der Waals surface area contributed by atoms with E-state index in [0.717, 1.165) is 34.1 Å². The molecule has 11 heteroatoms. The predicted octanol–water partition coefficient (Wildman–Crippen LogP) is 6.46. The second-order valence-corrected chi connectivity index (χ2v) is 7.42. The Morgan fingerprint density at radius 2 is 0.949 bits per heavy atom. The number of ether oxygens (including phenoxy) is 2. The van der Waals surface area contributed by atoms with Gasteiger partial charge in [0.15, 0.2) is 0 Å². The zero-order valence-corrected chi connectivity index (χ0v) is 23.2. The van der Waals surface area contributed by atoms with Crippen molar-refractivity contribution in [2.75, 3.05) is 28.2 Å². The van der Waals surface area contributed by atoms with Crippen LogP contribution in [0.1, 0.15) is 0 Å². The summed E-state index contributed by atoms with van der Waals surface area (Å²) in [5.74, 6) is -4.42. The van der Waals surface area contributed by atoms with Crippen LogP contribution in [0.4, 0.5) is 27.2 Å². The van der Waals surface area contributed by atoms with Gasteiger partial charge >= 0.3 is 33.9 Å². The fourth-order valence-corrected chi connectivity index (χ4v) is 2.03. The minimum atomic E-state index is -1.03. The molecule has 0 radical (unpaired) electrons. The maximum Gasteiger partial charge on any atom is 4.00 e. The summed E-state index contributed by atoms with van der Waals surface area (Å²) >= 11 is 0. The summed E-state index contributed by atoms with van der Waals surface area (Å²) in [4.78, 5) is 24.2. The van der Waals surface area contributed by atoms with E-state index >= 15 is 0 Å². The molecular formula is C28H26F4N2O4Ti. The van der Waals surface area contributed by atoms with Crippen molar-refractivity contribution in [2.45, 2.75) is 0 Å². The molecule has 204 valence electrons. The number of carbonyl (C=O) groups excluding carboxylic acids is 2. The van der Waals surface area contributed by atoms with E-state index in [9.17, 15) is 27.2 Å². The van der Waals surface area contributed by atoms with Gasteiger partial charge in [-0.25, -0.2) is 51.4 Å². The second kappa shape index (κ2) is 19.2. The van der Waals surface area contributed by atoms with Gasteiger partial charge in [0.1, 0.15) is 0 Å². The summed E-state index contributed by atoms with van der Waals surface area (Å²) in [6.45, 7) is 0. The van der Waals surface area contributed by atoms with E-state index in [0.29, 0.717) is 0 Å². The van der Waals surface area contributed by atoms with Crippen LogP contribution in [0.2, 0.25) is 0 Å². The van der Waals surface area contributed by atoms with Gasteiger partial charge in [-0.05, 0) is 0 Å². The van der Waals surface area contributed by atoms with Gasteiger partial charge in [0.05, 0.1) is 23.1 Å². The quantitative estimate of drug-likeness (QED) is 0.156. The molecule has 0 bridgehead atoms. The van der Waals surface area contributed by atoms with Crippen molar-refractivity contribution in [1.29, 1.82) is 0 Å². The average Bonchev–Trinajstić information content (AvgIpc) is 3.62. The van der Waals surface area contributed by atoms with Gasteiger partial charge in [-0.15, -0.1) is 36.4 Å². The summed E-state index contributed by atoms with van der Waals surface area (Å²) in [6.07, 6.45) is -1.46. The molecule has 0 aromatic heterocycles. The van der Waals surface area contributed by atoms with Gasteiger partial charge in [-0.2, -0.15) is 36.4 Å². The monoisotopic (exact) mass is 578 g/mol. The summed E-state index contributed by atoms with van der Waals surface area (Å²) in [6, 6.07) is 27.5. The molecule has 0 atom stereocenters. The van der Waals surface area contributed by atoms with E-state index in [2.05, 4.69) is 9.47 Å². The first kappa shape index (κ1) is 35.1. The Morgan fingerprint density at radius 1 is 0.641 bits per heavy atom. The molecule has 0 aliphatic heterocycles. The van der Waals surface area contributed by atoms with Crippen LogP contribution in [0.3, 0.4) is 0 Å². The average molecular weight is 578 g/mol. The molecular weight excluding hydrogens is 552 g/mol. The van der Waals surface area contributed by atoms with Crippen molar-refractivity contribution < 1.29 is 58.3 Å². The third-order valence-electron chi connectivity index (χ3n) is 3.89. The van der Waals surface area contributed by atoms with Crippen molar-refractivity contribution in [3.8, 4) is 11.5 Å². The fraction of sp³-hybridized carbons (Fsp3) is 0.143. The Kier molecular flexibility index (Phi) is 17.3. The number of halogens is 4. The maximum atomic E-state index is 12.9. The normalized spacial score (nSPS) is 9.03. The van der Waals surface area contributed by atoms with Crippen molar-refractivity contribution in [1.82, 2.24) is 9.80 Å². The topological polar surface area (TPSA) is 59.1 Å². The maximum absolute atomic E-state index is 12.9. The summed E-state index contributed by atoms with van der Waals surface area (Å²) in [5.41, 5.74) is 0. The van der Waals surface area contributed by atoms with Crippen molar-refractivity contribution >= 4 is 12.2 Å². The Labute approximate surface area is 240 Å². The van der Waals surface area contributed by atoms with Crippen LogP contribution >= 0.6 is 0 Å². The van der Waals surface area contributed by atoms with Gasteiger partial charge in [0.2, 0.25) is 0 Å². The van der Waals surface area contributed by atoms with Crippen LogP contribution in [0.5, 0.6) is 11.5 Å². The van der Waals surface area contributed by atoms with E-state index in [1.807, 2.05) is 60.7 Å². The van der Waals surface area contributed by atoms with E-state index in [1.54, 1.807) is 12.1 Å². The molecule has 6 nitrogen and oxygen atoms in total. The SMILES string of the molecule is CN(C)C(=O)Oc1ccc(F)[c-]c1F.CN(C)C(=O)Oc1ccc(F)[c-]c1F.[Ti+4].c1cc[cH-]c1.c1cc[cH-]c1. The smallest absolute Gasteiger partial charge is 0.471 e. The fourth-order valence-electron chi connectivity index (χ4n) is 2.03. The van der Waals surface area contributed by atoms with E-state index in [4.69, 9.17) is 0 Å². The molecule has 0 spiro atoms. The Balaban J connectivity index is 0.000000537. The number of nitrogens with zero attached hydrogens (tertiary/aromatic N) is 2. The van der Waals surface area contributed by atoms with Crippen LogP contribution < -0.4 is 9.47 Å². The molecule has 0 N–H and O–H groups in total. The van der Waals surface area contributed by atoms with Crippen molar-refractivity contribution in [3.63, 3.8) is 0 Å². The standard InChI is InChI=1S/2C9H8F2NO2.2C5H5.Ti/c2*1-12(2)9(13)14-8-4-3-6(10)5-7(8)11;2*1-2-4-5-3-1;/h2*3-4H,1-2H3;2*1-5H;/q4*-1;+4. The molecule has 0 aliphatic carbocycles. The number of hydrogen-bond donors (Lipinski definition) is 0. The Bertz CT molecular complexity index is 1090. The molecule has 0 saturated heterocycles. The van der Waals surface area contributed by atoms with E-state index in [1.165, 1.54) is 28.2 Å². The molecule has 0 heterocycles. The second-order valence-electron chi connectivity index (χ2n) is 7.42. The molecule has 39 heavy (non-hydrogen) atoms. The predicted molar refractivity (Wildman–Crippen MR) is 134 cm³/mol. The van der Waals surface area contributed by atoms with Crippen LogP contribution in [-0.4, -0.2) is 50.2 Å². The van der Waals surface area contributed by atoms with Crippen molar-refractivity contribution in [3.05, 3.63) is 120 Å². The molecule has 2 amide bonds. The Hall–Kier alpha value is -3.89. The molecule has 0 saturated carbocycles. The van der Waals surface area contributed by atoms with Crippen LogP contribution in [0.25, 0.3) is 0 Å². The largest absolute Gasteiger partial charge is 4.00 e. The first-order chi connectivity index (χ1) is 18.0. The number of carbonyl (C=O) groups is 2. The number of amides is 2. The van der Waals surface area contributed by atoms with E-state index in [-0.39, 0.29) is 33.2 Å².